The summed E-state index contributed by atoms with van der Waals surface area (Å²) in [5, 5.41) is 4.54. The molecule has 1 aromatic carbocycles. The van der Waals surface area contributed by atoms with Gasteiger partial charge in [-0.2, -0.15) is 10.1 Å². The van der Waals surface area contributed by atoms with Crippen molar-refractivity contribution < 1.29 is 8.42 Å². The van der Waals surface area contributed by atoms with Gasteiger partial charge in [0.15, 0.2) is 0 Å². The topological polar surface area (TPSA) is 143 Å². The van der Waals surface area contributed by atoms with E-state index in [2.05, 4.69) is 20.1 Å². The van der Waals surface area contributed by atoms with Gasteiger partial charge in [0.2, 0.25) is 16.0 Å². The summed E-state index contributed by atoms with van der Waals surface area (Å²) in [6.45, 7) is 0. The summed E-state index contributed by atoms with van der Waals surface area (Å²) >= 11 is 0. The number of hydrogen-bond acceptors (Lipinski definition) is 6. The average molecular weight is 413 g/mol. The quantitative estimate of drug-likeness (QED) is 0.458. The lowest BCUT2D eigenvalue weighted by Gasteiger charge is -2.12. The lowest BCUT2D eigenvalue weighted by molar-refractivity contribution is 0.521. The van der Waals surface area contributed by atoms with E-state index < -0.39 is 10.0 Å². The number of nitrogen functional groups attached to an aromatic ring is 1. The molecule has 4 rings (SSSR count). The van der Waals surface area contributed by atoms with Gasteiger partial charge in [-0.3, -0.25) is 14.5 Å². The maximum atomic E-state index is 12.6. The first-order chi connectivity index (χ1) is 13.7. The monoisotopic (exact) mass is 413 g/mol. The molecule has 0 radical (unpaired) electrons. The Morgan fingerprint density at radius 3 is 2.38 bits per heavy atom. The van der Waals surface area contributed by atoms with E-state index in [9.17, 15) is 13.2 Å². The third-order valence-electron chi connectivity index (χ3n) is 4.68. The number of aromatic amines is 2. The summed E-state index contributed by atoms with van der Waals surface area (Å²) in [5.74, 6) is -0.000666. The Bertz CT molecular complexity index is 1380. The summed E-state index contributed by atoms with van der Waals surface area (Å²) in [4.78, 5) is 22.7. The Hall–Kier alpha value is -3.44. The number of sulfonamides is 1. The summed E-state index contributed by atoms with van der Waals surface area (Å²) in [6.07, 6.45) is 1.63. The van der Waals surface area contributed by atoms with Crippen molar-refractivity contribution >= 4 is 27.0 Å². The number of hydrogen-bond donors (Lipinski definition) is 3. The molecular formula is C18H19N7O3S. The molecular weight excluding hydrogens is 394 g/mol. The predicted octanol–water partition coefficient (Wildman–Crippen LogP) is 1.15. The minimum atomic E-state index is -3.55. The molecule has 11 heteroatoms. The number of fused-ring (bicyclic) bond motifs is 1. The van der Waals surface area contributed by atoms with Crippen molar-refractivity contribution in [3.05, 3.63) is 46.9 Å². The maximum absolute atomic E-state index is 12.6. The number of aromatic nitrogens is 5. The van der Waals surface area contributed by atoms with Gasteiger partial charge in [-0.25, -0.2) is 12.7 Å². The van der Waals surface area contributed by atoms with E-state index in [0.717, 1.165) is 4.31 Å². The second-order valence-electron chi connectivity index (χ2n) is 6.70. The molecule has 0 amide bonds. The molecule has 0 unspecified atom stereocenters. The van der Waals surface area contributed by atoms with E-state index >= 15 is 0 Å². The fourth-order valence-electron chi connectivity index (χ4n) is 3.22. The van der Waals surface area contributed by atoms with Gasteiger partial charge in [0.05, 0.1) is 21.7 Å². The Balaban J connectivity index is 1.98. The number of benzene rings is 1. The third-order valence-corrected chi connectivity index (χ3v) is 6.51. The van der Waals surface area contributed by atoms with Crippen molar-refractivity contribution in [2.45, 2.75) is 4.90 Å². The summed E-state index contributed by atoms with van der Waals surface area (Å²) in [6, 6.07) is 8.19. The largest absolute Gasteiger partial charge is 0.369 e. The zero-order chi connectivity index (χ0) is 20.9. The van der Waals surface area contributed by atoms with Crippen LogP contribution in [0.15, 0.2) is 46.2 Å². The Labute approximate surface area is 166 Å². The van der Waals surface area contributed by atoms with Crippen molar-refractivity contribution in [2.75, 3.05) is 19.8 Å². The van der Waals surface area contributed by atoms with Crippen LogP contribution in [-0.4, -0.2) is 51.6 Å². The molecule has 10 nitrogen and oxygen atoms in total. The van der Waals surface area contributed by atoms with Gasteiger partial charge in [0.25, 0.3) is 5.56 Å². The van der Waals surface area contributed by atoms with Crippen LogP contribution < -0.4 is 11.3 Å². The second kappa shape index (κ2) is 6.57. The van der Waals surface area contributed by atoms with Gasteiger partial charge in [0.1, 0.15) is 5.65 Å². The van der Waals surface area contributed by atoms with Crippen molar-refractivity contribution in [1.29, 1.82) is 0 Å². The Morgan fingerprint density at radius 1 is 1.10 bits per heavy atom. The molecule has 0 saturated heterocycles. The number of aryl methyl sites for hydroxylation is 1. The fraction of sp³-hybridized carbons (Fsp3) is 0.167. The van der Waals surface area contributed by atoms with Gasteiger partial charge in [-0.05, 0) is 23.8 Å². The molecule has 0 aliphatic carbocycles. The molecule has 4 aromatic rings. The lowest BCUT2D eigenvalue weighted by Crippen LogP contribution is -2.22. The van der Waals surface area contributed by atoms with Gasteiger partial charge >= 0.3 is 0 Å². The number of rotatable bonds is 4. The van der Waals surface area contributed by atoms with Crippen molar-refractivity contribution in [2.24, 2.45) is 7.05 Å². The lowest BCUT2D eigenvalue weighted by atomic mass is 10.0. The normalized spacial score (nSPS) is 12.1. The molecule has 0 aliphatic heterocycles. The molecule has 3 heterocycles. The Kier molecular flexibility index (Phi) is 4.28. The summed E-state index contributed by atoms with van der Waals surface area (Å²) in [5.41, 5.74) is 8.26. The SMILES string of the molecule is CN(C)S(=O)(=O)c1ccc(-c2[nH]c3nc(N)[nH]c(=O)c3c2-c2ccnn2C)cc1. The number of nitrogens with zero attached hydrogens (tertiary/aromatic N) is 4. The highest BCUT2D eigenvalue weighted by Crippen LogP contribution is 2.36. The van der Waals surface area contributed by atoms with Crippen LogP contribution in [0.3, 0.4) is 0 Å². The van der Waals surface area contributed by atoms with Crippen LogP contribution in [0.1, 0.15) is 0 Å². The van der Waals surface area contributed by atoms with Crippen LogP contribution in [0.2, 0.25) is 0 Å². The molecule has 4 N–H and O–H groups in total. The molecule has 0 fully saturated rings. The van der Waals surface area contributed by atoms with E-state index in [1.807, 2.05) is 0 Å². The molecule has 0 spiro atoms. The number of nitrogens with two attached hydrogens (primary N) is 1. The predicted molar refractivity (Wildman–Crippen MR) is 110 cm³/mol. The second-order valence-corrected chi connectivity index (χ2v) is 8.85. The van der Waals surface area contributed by atoms with Crippen molar-refractivity contribution in [3.63, 3.8) is 0 Å². The molecule has 150 valence electrons. The molecule has 3 aromatic heterocycles. The van der Waals surface area contributed by atoms with E-state index in [-0.39, 0.29) is 16.4 Å². The third kappa shape index (κ3) is 3.00. The molecule has 0 aliphatic rings. The van der Waals surface area contributed by atoms with E-state index in [0.29, 0.717) is 33.5 Å². The maximum Gasteiger partial charge on any atom is 0.262 e. The molecule has 0 bridgehead atoms. The van der Waals surface area contributed by atoms with E-state index in [4.69, 9.17) is 5.73 Å². The van der Waals surface area contributed by atoms with Gasteiger partial charge in [-0.15, -0.1) is 0 Å². The number of H-pyrrole nitrogens is 2. The van der Waals surface area contributed by atoms with Crippen LogP contribution in [0, 0.1) is 0 Å². The zero-order valence-corrected chi connectivity index (χ0v) is 16.8. The van der Waals surface area contributed by atoms with Gasteiger partial charge < -0.3 is 10.7 Å². The molecule has 0 atom stereocenters. The minimum absolute atomic E-state index is 0.000666. The first-order valence-electron chi connectivity index (χ1n) is 8.63. The van der Waals surface area contributed by atoms with Crippen molar-refractivity contribution in [1.82, 2.24) is 29.0 Å². The smallest absolute Gasteiger partial charge is 0.262 e. The summed E-state index contributed by atoms with van der Waals surface area (Å²) < 4.78 is 27.5. The molecule has 0 saturated carbocycles. The Morgan fingerprint density at radius 2 is 1.79 bits per heavy atom. The van der Waals surface area contributed by atoms with Gasteiger partial charge in [0, 0.05) is 32.9 Å². The first kappa shape index (κ1) is 18.9. The zero-order valence-electron chi connectivity index (χ0n) is 16.0. The summed E-state index contributed by atoms with van der Waals surface area (Å²) in [7, 11) is 1.17. The highest BCUT2D eigenvalue weighted by atomic mass is 32.2. The van der Waals surface area contributed by atoms with Gasteiger partial charge in [-0.1, -0.05) is 12.1 Å². The van der Waals surface area contributed by atoms with Crippen LogP contribution in [-0.2, 0) is 17.1 Å². The average Bonchev–Trinajstić information content (AvgIpc) is 3.24. The van der Waals surface area contributed by atoms with Crippen molar-refractivity contribution in [3.8, 4) is 22.5 Å². The fourth-order valence-corrected chi connectivity index (χ4v) is 4.12. The van der Waals surface area contributed by atoms with Crippen LogP contribution in [0.25, 0.3) is 33.5 Å². The first-order valence-corrected chi connectivity index (χ1v) is 10.1. The van der Waals surface area contributed by atoms with Crippen LogP contribution in [0.5, 0.6) is 0 Å². The van der Waals surface area contributed by atoms with E-state index in [1.165, 1.54) is 26.2 Å². The highest BCUT2D eigenvalue weighted by Gasteiger charge is 2.22. The number of anilines is 1. The molecule has 29 heavy (non-hydrogen) atoms. The van der Waals surface area contributed by atoms with Crippen LogP contribution in [0.4, 0.5) is 5.95 Å². The highest BCUT2D eigenvalue weighted by molar-refractivity contribution is 7.89. The van der Waals surface area contributed by atoms with Crippen LogP contribution >= 0.6 is 0 Å². The minimum Gasteiger partial charge on any atom is -0.369 e. The number of nitrogens with one attached hydrogen (secondary N) is 2. The standard InChI is InChI=1S/C18H19N7O3S/c1-24(2)29(27,28)11-6-4-10(5-7-11)15-13(12-8-9-20-25(12)3)14-16(21-15)22-18(19)23-17(14)26/h4-9H,1-3H3,(H4,19,21,22,23,26). The van der Waals surface area contributed by atoms with E-state index in [1.54, 1.807) is 36.1 Å².